The van der Waals surface area contributed by atoms with Gasteiger partial charge in [0, 0.05) is 6.20 Å². The molecule has 2 unspecified atom stereocenters. The van der Waals surface area contributed by atoms with Crippen LogP contribution >= 0.6 is 11.6 Å². The first-order valence-corrected chi connectivity index (χ1v) is 5.45. The second-order valence-electron chi connectivity index (χ2n) is 4.09. The SMILES string of the molecule is CCCC1CC1(N)c1ccc(Cl)cn1. The Morgan fingerprint density at radius 2 is 2.43 bits per heavy atom. The summed E-state index contributed by atoms with van der Waals surface area (Å²) in [5.41, 5.74) is 7.06. The van der Waals surface area contributed by atoms with Gasteiger partial charge in [-0.3, -0.25) is 4.98 Å². The molecule has 2 atom stereocenters. The molecule has 1 aromatic rings. The van der Waals surface area contributed by atoms with Gasteiger partial charge >= 0.3 is 0 Å². The van der Waals surface area contributed by atoms with Gasteiger partial charge < -0.3 is 5.73 Å². The topological polar surface area (TPSA) is 38.9 Å². The summed E-state index contributed by atoms with van der Waals surface area (Å²) >= 11 is 5.78. The van der Waals surface area contributed by atoms with Crippen LogP contribution in [0.1, 0.15) is 31.9 Å². The van der Waals surface area contributed by atoms with Crippen molar-refractivity contribution in [3.63, 3.8) is 0 Å². The Hall–Kier alpha value is -0.600. The number of nitrogens with two attached hydrogens (primary N) is 1. The van der Waals surface area contributed by atoms with Crippen molar-refractivity contribution in [3.8, 4) is 0 Å². The number of nitrogens with zero attached hydrogens (tertiary/aromatic N) is 1. The van der Waals surface area contributed by atoms with Gasteiger partial charge in [-0.2, -0.15) is 0 Å². The third-order valence-corrected chi connectivity index (χ3v) is 3.22. The molecule has 0 aromatic carbocycles. The average Bonchev–Trinajstić information content (AvgIpc) is 2.80. The second kappa shape index (κ2) is 3.52. The van der Waals surface area contributed by atoms with Gasteiger partial charge in [0.15, 0.2) is 0 Å². The van der Waals surface area contributed by atoms with Crippen molar-refractivity contribution >= 4 is 11.6 Å². The molecular weight excluding hydrogens is 196 g/mol. The zero-order valence-corrected chi connectivity index (χ0v) is 9.09. The molecule has 1 fully saturated rings. The summed E-state index contributed by atoms with van der Waals surface area (Å²) in [6.45, 7) is 2.19. The van der Waals surface area contributed by atoms with E-state index in [1.165, 1.54) is 12.8 Å². The van der Waals surface area contributed by atoms with E-state index < -0.39 is 0 Å². The van der Waals surface area contributed by atoms with Gasteiger partial charge in [0.2, 0.25) is 0 Å². The van der Waals surface area contributed by atoms with Gasteiger partial charge in [0.05, 0.1) is 16.3 Å². The maximum atomic E-state index is 6.24. The van der Waals surface area contributed by atoms with Crippen molar-refractivity contribution in [2.75, 3.05) is 0 Å². The van der Waals surface area contributed by atoms with Crippen LogP contribution in [0.4, 0.5) is 0 Å². The van der Waals surface area contributed by atoms with Crippen LogP contribution in [0, 0.1) is 5.92 Å². The lowest BCUT2D eigenvalue weighted by molar-refractivity contribution is 0.571. The summed E-state index contributed by atoms with van der Waals surface area (Å²) in [6.07, 6.45) is 5.13. The first-order valence-electron chi connectivity index (χ1n) is 5.07. The molecule has 76 valence electrons. The van der Waals surface area contributed by atoms with E-state index in [4.69, 9.17) is 17.3 Å². The zero-order chi connectivity index (χ0) is 10.2. The lowest BCUT2D eigenvalue weighted by Gasteiger charge is -2.10. The molecule has 0 bridgehead atoms. The molecule has 1 aromatic heterocycles. The highest BCUT2D eigenvalue weighted by atomic mass is 35.5. The van der Waals surface area contributed by atoms with Crippen LogP contribution in [0.15, 0.2) is 18.3 Å². The van der Waals surface area contributed by atoms with Crippen LogP contribution in [-0.4, -0.2) is 4.98 Å². The van der Waals surface area contributed by atoms with E-state index in [1.807, 2.05) is 12.1 Å². The number of aromatic nitrogens is 1. The maximum Gasteiger partial charge on any atom is 0.0616 e. The van der Waals surface area contributed by atoms with Gasteiger partial charge in [0.25, 0.3) is 0 Å². The molecule has 1 saturated carbocycles. The molecule has 0 saturated heterocycles. The second-order valence-corrected chi connectivity index (χ2v) is 4.53. The molecule has 14 heavy (non-hydrogen) atoms. The molecular formula is C11H15ClN2. The van der Waals surface area contributed by atoms with Crippen LogP contribution in [0.2, 0.25) is 5.02 Å². The van der Waals surface area contributed by atoms with Gasteiger partial charge in [-0.15, -0.1) is 0 Å². The number of pyridine rings is 1. The van der Waals surface area contributed by atoms with Crippen LogP contribution in [0.25, 0.3) is 0 Å². The summed E-state index contributed by atoms with van der Waals surface area (Å²) in [5.74, 6) is 0.612. The summed E-state index contributed by atoms with van der Waals surface area (Å²) in [4.78, 5) is 4.29. The van der Waals surface area contributed by atoms with E-state index in [-0.39, 0.29) is 5.54 Å². The first kappa shape index (κ1) is 9.94. The molecule has 3 heteroatoms. The molecule has 2 nitrogen and oxygen atoms in total. The number of rotatable bonds is 3. The number of halogens is 1. The van der Waals surface area contributed by atoms with Crippen molar-refractivity contribution in [2.45, 2.75) is 31.7 Å². The Balaban J connectivity index is 2.13. The number of hydrogen-bond acceptors (Lipinski definition) is 2. The minimum atomic E-state index is -0.166. The molecule has 2 N–H and O–H groups in total. The van der Waals surface area contributed by atoms with E-state index in [0.29, 0.717) is 10.9 Å². The maximum absolute atomic E-state index is 6.24. The van der Waals surface area contributed by atoms with Crippen LogP contribution in [0.5, 0.6) is 0 Å². The Morgan fingerprint density at radius 3 is 3.00 bits per heavy atom. The van der Waals surface area contributed by atoms with E-state index in [2.05, 4.69) is 11.9 Å². The summed E-state index contributed by atoms with van der Waals surface area (Å²) in [5, 5.41) is 0.671. The molecule has 0 spiro atoms. The molecule has 0 radical (unpaired) electrons. The smallest absolute Gasteiger partial charge is 0.0616 e. The van der Waals surface area contributed by atoms with Crippen LogP contribution < -0.4 is 5.73 Å². The van der Waals surface area contributed by atoms with Crippen LogP contribution in [0.3, 0.4) is 0 Å². The Morgan fingerprint density at radius 1 is 1.64 bits per heavy atom. The molecule has 0 amide bonds. The highest BCUT2D eigenvalue weighted by Crippen LogP contribution is 2.51. The normalized spacial score (nSPS) is 30.4. The van der Waals surface area contributed by atoms with Crippen molar-refractivity contribution in [1.29, 1.82) is 0 Å². The minimum absolute atomic E-state index is 0.166. The predicted molar refractivity (Wildman–Crippen MR) is 58.1 cm³/mol. The van der Waals surface area contributed by atoms with Gasteiger partial charge in [-0.1, -0.05) is 24.9 Å². The summed E-state index contributed by atoms with van der Waals surface area (Å²) < 4.78 is 0. The summed E-state index contributed by atoms with van der Waals surface area (Å²) in [7, 11) is 0. The van der Waals surface area contributed by atoms with Gasteiger partial charge in [-0.25, -0.2) is 0 Å². The van der Waals surface area contributed by atoms with Crippen molar-refractivity contribution < 1.29 is 0 Å². The number of hydrogen-bond donors (Lipinski definition) is 1. The standard InChI is InChI=1S/C11H15ClN2/c1-2-3-8-6-11(8,13)10-5-4-9(12)7-14-10/h4-5,7-8H,2-3,6,13H2,1H3. The average molecular weight is 211 g/mol. The quantitative estimate of drug-likeness (QED) is 0.833. The first-order chi connectivity index (χ1) is 6.66. The van der Waals surface area contributed by atoms with Crippen LogP contribution in [-0.2, 0) is 5.54 Å². The fraction of sp³-hybridized carbons (Fsp3) is 0.545. The fourth-order valence-corrected chi connectivity index (χ4v) is 2.13. The highest BCUT2D eigenvalue weighted by Gasteiger charge is 2.52. The van der Waals surface area contributed by atoms with Gasteiger partial charge in [0.1, 0.15) is 0 Å². The minimum Gasteiger partial charge on any atom is -0.320 e. The van der Waals surface area contributed by atoms with Crippen molar-refractivity contribution in [2.24, 2.45) is 11.7 Å². The fourth-order valence-electron chi connectivity index (χ4n) is 2.02. The third-order valence-electron chi connectivity index (χ3n) is 2.99. The van der Waals surface area contributed by atoms with E-state index in [0.717, 1.165) is 12.1 Å². The summed E-state index contributed by atoms with van der Waals surface area (Å²) in [6, 6.07) is 3.80. The Kier molecular flexibility index (Phi) is 2.50. The lowest BCUT2D eigenvalue weighted by Crippen LogP contribution is -2.23. The molecule has 1 aliphatic rings. The van der Waals surface area contributed by atoms with Crippen molar-refractivity contribution in [1.82, 2.24) is 4.98 Å². The van der Waals surface area contributed by atoms with E-state index >= 15 is 0 Å². The Bertz CT molecular complexity index is 323. The molecule has 1 heterocycles. The molecule has 2 rings (SSSR count). The van der Waals surface area contributed by atoms with Crippen molar-refractivity contribution in [3.05, 3.63) is 29.0 Å². The molecule has 1 aliphatic carbocycles. The van der Waals surface area contributed by atoms with E-state index in [9.17, 15) is 0 Å². The Labute approximate surface area is 89.5 Å². The lowest BCUT2D eigenvalue weighted by atomic mass is 10.1. The molecule has 0 aliphatic heterocycles. The monoisotopic (exact) mass is 210 g/mol. The van der Waals surface area contributed by atoms with E-state index in [1.54, 1.807) is 6.20 Å². The largest absolute Gasteiger partial charge is 0.320 e. The zero-order valence-electron chi connectivity index (χ0n) is 8.33. The third kappa shape index (κ3) is 1.64. The van der Waals surface area contributed by atoms with Gasteiger partial charge in [-0.05, 0) is 30.9 Å². The highest BCUT2D eigenvalue weighted by molar-refractivity contribution is 6.30. The predicted octanol–water partition coefficient (Wildman–Crippen LogP) is 2.71.